The molecular weight excluding hydrogens is 636 g/mol. The monoisotopic (exact) mass is 676 g/mol. The van der Waals surface area contributed by atoms with E-state index in [1.165, 1.54) is 29.5 Å². The minimum atomic E-state index is -1.04. The third-order valence-electron chi connectivity index (χ3n) is 7.67. The molecule has 2 fully saturated rings. The maximum absolute atomic E-state index is 14.3. The van der Waals surface area contributed by atoms with Crippen molar-refractivity contribution in [3.05, 3.63) is 34.4 Å². The summed E-state index contributed by atoms with van der Waals surface area (Å²) in [5.74, 6) is -2.52. The molecule has 1 saturated heterocycles. The predicted octanol–water partition coefficient (Wildman–Crippen LogP) is 2.91. The lowest BCUT2D eigenvalue weighted by Gasteiger charge is -2.35. The summed E-state index contributed by atoms with van der Waals surface area (Å²) in [5, 5.41) is 11.2. The van der Waals surface area contributed by atoms with E-state index in [1.807, 2.05) is 27.7 Å². The van der Waals surface area contributed by atoms with Crippen molar-refractivity contribution in [2.45, 2.75) is 96.5 Å². The minimum Gasteiger partial charge on any atom is -0.472 e. The number of thiazole rings is 1. The van der Waals surface area contributed by atoms with Gasteiger partial charge in [-0.25, -0.2) is 9.97 Å². The minimum absolute atomic E-state index is 0.00651. The summed E-state index contributed by atoms with van der Waals surface area (Å²) in [6, 6.07) is 0.358. The number of likely N-dealkylation sites (tertiary alicyclic amines) is 1. The standard InChI is InChI=1S/C31H41ClN6O7S/c1-6-7-21(25(40)28(42)34-18-9-10-18)36-27(41)22-13-20(45-23-11-8-17(32)14-33-23)15-38(22)29(43)26(31(2,3)4)37-30-35-19(16-46-30)12-24(39)44-5/h8,11,14,16,18,20-22,26H,6-7,9-10,12-13,15H2,1-5H3,(H,34,42)(H,35,37)(H,36,41)/t20-,21+,22+,26-/m1/s1. The third kappa shape index (κ3) is 9.38. The summed E-state index contributed by atoms with van der Waals surface area (Å²) in [7, 11) is 1.30. The summed E-state index contributed by atoms with van der Waals surface area (Å²) in [5.41, 5.74) is -0.135. The van der Waals surface area contributed by atoms with Crippen LogP contribution in [0.25, 0.3) is 0 Å². The second-order valence-electron chi connectivity index (χ2n) is 12.6. The number of rotatable bonds is 14. The van der Waals surface area contributed by atoms with Gasteiger partial charge in [0.25, 0.3) is 5.91 Å². The Morgan fingerprint density at radius 1 is 1.17 bits per heavy atom. The molecule has 0 spiro atoms. The second kappa shape index (κ2) is 15.2. The highest BCUT2D eigenvalue weighted by molar-refractivity contribution is 7.13. The first-order valence-corrected chi connectivity index (χ1v) is 16.6. The largest absolute Gasteiger partial charge is 0.472 e. The summed E-state index contributed by atoms with van der Waals surface area (Å²) in [6.07, 6.45) is 3.42. The van der Waals surface area contributed by atoms with Crippen LogP contribution >= 0.6 is 22.9 Å². The molecule has 0 aromatic carbocycles. The van der Waals surface area contributed by atoms with Gasteiger partial charge in [0.15, 0.2) is 5.13 Å². The van der Waals surface area contributed by atoms with Crippen molar-refractivity contribution in [1.82, 2.24) is 25.5 Å². The Bertz CT molecular complexity index is 1430. The van der Waals surface area contributed by atoms with Gasteiger partial charge in [-0.15, -0.1) is 11.3 Å². The Balaban J connectivity index is 1.57. The molecule has 0 unspecified atom stereocenters. The lowest BCUT2D eigenvalue weighted by atomic mass is 9.85. The summed E-state index contributed by atoms with van der Waals surface area (Å²) in [4.78, 5) is 75.6. The number of anilines is 1. The van der Waals surface area contributed by atoms with E-state index in [-0.39, 0.29) is 43.6 Å². The topological polar surface area (TPSA) is 169 Å². The molecule has 1 saturated carbocycles. The van der Waals surface area contributed by atoms with Crippen LogP contribution in [0.5, 0.6) is 5.88 Å². The molecule has 46 heavy (non-hydrogen) atoms. The highest BCUT2D eigenvalue weighted by Gasteiger charge is 2.46. The van der Waals surface area contributed by atoms with Gasteiger partial charge >= 0.3 is 5.97 Å². The van der Waals surface area contributed by atoms with Crippen molar-refractivity contribution in [3.8, 4) is 5.88 Å². The van der Waals surface area contributed by atoms with Crippen LogP contribution in [0.3, 0.4) is 0 Å². The molecule has 250 valence electrons. The third-order valence-corrected chi connectivity index (χ3v) is 8.71. The predicted molar refractivity (Wildman–Crippen MR) is 171 cm³/mol. The van der Waals surface area contributed by atoms with Crippen LogP contribution in [0.15, 0.2) is 23.7 Å². The molecule has 15 heteroatoms. The van der Waals surface area contributed by atoms with E-state index in [0.717, 1.165) is 12.8 Å². The first-order valence-electron chi connectivity index (χ1n) is 15.3. The first kappa shape index (κ1) is 35.1. The number of ketones is 1. The van der Waals surface area contributed by atoms with Gasteiger partial charge in [0.2, 0.25) is 23.5 Å². The van der Waals surface area contributed by atoms with Crippen molar-refractivity contribution in [1.29, 1.82) is 0 Å². The molecule has 3 heterocycles. The average Bonchev–Trinajstić information content (AvgIpc) is 3.54. The normalized spacial score (nSPS) is 19.1. The van der Waals surface area contributed by atoms with Crippen LogP contribution in [-0.2, 0) is 35.1 Å². The summed E-state index contributed by atoms with van der Waals surface area (Å²) >= 11 is 7.22. The fourth-order valence-corrected chi connectivity index (χ4v) is 5.91. The fraction of sp³-hybridized carbons (Fsp3) is 0.581. The van der Waals surface area contributed by atoms with Crippen molar-refractivity contribution >= 4 is 57.5 Å². The number of hydrogen-bond acceptors (Lipinski definition) is 11. The molecule has 1 aliphatic heterocycles. The van der Waals surface area contributed by atoms with Gasteiger partial charge in [0, 0.05) is 30.1 Å². The number of ether oxygens (including phenoxy) is 2. The van der Waals surface area contributed by atoms with E-state index in [1.54, 1.807) is 17.5 Å². The van der Waals surface area contributed by atoms with Crippen LogP contribution < -0.4 is 20.7 Å². The van der Waals surface area contributed by atoms with Gasteiger partial charge in [0.05, 0.1) is 36.8 Å². The zero-order chi connectivity index (χ0) is 33.6. The molecule has 3 N–H and O–H groups in total. The van der Waals surface area contributed by atoms with Gasteiger partial charge in [-0.1, -0.05) is 45.7 Å². The highest BCUT2D eigenvalue weighted by atomic mass is 35.5. The Labute approximate surface area is 277 Å². The lowest BCUT2D eigenvalue weighted by Crippen LogP contribution is -2.56. The molecule has 2 aromatic heterocycles. The number of carbonyl (C=O) groups is 5. The van der Waals surface area contributed by atoms with Gasteiger partial charge < -0.3 is 30.3 Å². The molecule has 4 atom stereocenters. The summed E-state index contributed by atoms with van der Waals surface area (Å²) < 4.78 is 10.8. The number of amides is 3. The zero-order valence-corrected chi connectivity index (χ0v) is 28.2. The number of hydrogen-bond donors (Lipinski definition) is 3. The maximum Gasteiger partial charge on any atom is 0.311 e. The lowest BCUT2D eigenvalue weighted by molar-refractivity contribution is -0.143. The Kier molecular flexibility index (Phi) is 11.6. The molecule has 4 rings (SSSR count). The van der Waals surface area contributed by atoms with E-state index in [0.29, 0.717) is 22.3 Å². The van der Waals surface area contributed by atoms with Crippen LogP contribution in [0.4, 0.5) is 5.13 Å². The van der Waals surface area contributed by atoms with Crippen LogP contribution in [0.2, 0.25) is 5.02 Å². The fourth-order valence-electron chi connectivity index (χ4n) is 5.06. The SMILES string of the molecule is CCC[C@H](NC(=O)[C@@H]1C[C@@H](Oc2ccc(Cl)cn2)CN1C(=O)[C@@H](Nc1nc(CC(=O)OC)cs1)C(C)(C)C)C(=O)C(=O)NC1CC1. The number of aromatic nitrogens is 2. The number of Topliss-reactive ketones (excluding diaryl/α,β-unsaturated/α-hetero) is 1. The number of methoxy groups -OCH3 is 1. The quantitative estimate of drug-likeness (QED) is 0.200. The number of pyridine rings is 1. The van der Waals surface area contributed by atoms with Crippen molar-refractivity contribution < 1.29 is 33.4 Å². The van der Waals surface area contributed by atoms with Gasteiger partial charge in [-0.2, -0.15) is 0 Å². The van der Waals surface area contributed by atoms with Crippen LogP contribution in [-0.4, -0.2) is 88.3 Å². The van der Waals surface area contributed by atoms with E-state index < -0.39 is 53.2 Å². The van der Waals surface area contributed by atoms with Gasteiger partial charge in [-0.05, 0) is 30.7 Å². The zero-order valence-electron chi connectivity index (χ0n) is 26.6. The van der Waals surface area contributed by atoms with Crippen LogP contribution in [0, 0.1) is 5.41 Å². The molecule has 2 aromatic rings. The number of esters is 1. The number of nitrogens with zero attached hydrogens (tertiary/aromatic N) is 3. The molecule has 3 amide bonds. The Hall–Kier alpha value is -3.78. The van der Waals surface area contributed by atoms with E-state index in [9.17, 15) is 24.0 Å². The van der Waals surface area contributed by atoms with Crippen molar-refractivity contribution in [3.63, 3.8) is 0 Å². The summed E-state index contributed by atoms with van der Waals surface area (Å²) in [6.45, 7) is 7.58. The Morgan fingerprint density at radius 3 is 2.52 bits per heavy atom. The molecule has 0 bridgehead atoms. The van der Waals surface area contributed by atoms with Gasteiger partial charge in [-0.3, -0.25) is 24.0 Å². The molecule has 2 aliphatic rings. The first-order chi connectivity index (χ1) is 21.8. The molecule has 13 nitrogen and oxygen atoms in total. The molecule has 1 aliphatic carbocycles. The van der Waals surface area contributed by atoms with E-state index >= 15 is 0 Å². The van der Waals surface area contributed by atoms with Crippen molar-refractivity contribution in [2.75, 3.05) is 19.0 Å². The second-order valence-corrected chi connectivity index (χ2v) is 13.9. The number of carbonyl (C=O) groups excluding carboxylic acids is 5. The number of nitrogens with one attached hydrogen (secondary N) is 3. The smallest absolute Gasteiger partial charge is 0.311 e. The Morgan fingerprint density at radius 2 is 1.91 bits per heavy atom. The molecule has 0 radical (unpaired) electrons. The van der Waals surface area contributed by atoms with Crippen LogP contribution in [0.1, 0.15) is 65.5 Å². The van der Waals surface area contributed by atoms with Gasteiger partial charge in [0.1, 0.15) is 18.2 Å². The van der Waals surface area contributed by atoms with E-state index in [4.69, 9.17) is 21.1 Å². The van der Waals surface area contributed by atoms with Crippen molar-refractivity contribution in [2.24, 2.45) is 5.41 Å². The highest BCUT2D eigenvalue weighted by Crippen LogP contribution is 2.31. The van der Waals surface area contributed by atoms with E-state index in [2.05, 4.69) is 25.9 Å². The average molecular weight is 677 g/mol. The molecular formula is C31H41ClN6O7S. The number of halogens is 1. The maximum atomic E-state index is 14.3.